The minimum Gasteiger partial charge on any atom is -0.497 e. The van der Waals surface area contributed by atoms with Gasteiger partial charge in [0.15, 0.2) is 5.69 Å². The van der Waals surface area contributed by atoms with Crippen LogP contribution in [0.2, 0.25) is 0 Å². The maximum Gasteiger partial charge on any atom is 0.274 e. The van der Waals surface area contributed by atoms with E-state index in [0.717, 1.165) is 17.0 Å². The molecule has 0 radical (unpaired) electrons. The van der Waals surface area contributed by atoms with Crippen molar-refractivity contribution in [2.45, 2.75) is 20.4 Å². The van der Waals surface area contributed by atoms with Gasteiger partial charge in [0.05, 0.1) is 12.8 Å². The summed E-state index contributed by atoms with van der Waals surface area (Å²) in [6.45, 7) is 5.31. The van der Waals surface area contributed by atoms with Gasteiger partial charge in [-0.25, -0.2) is 0 Å². The van der Waals surface area contributed by atoms with Gasteiger partial charge in [-0.05, 0) is 32.0 Å². The van der Waals surface area contributed by atoms with Crippen LogP contribution in [0.15, 0.2) is 30.3 Å². The maximum atomic E-state index is 12.2. The number of benzene rings is 1. The van der Waals surface area contributed by atoms with Crippen LogP contribution in [0.5, 0.6) is 5.75 Å². The van der Waals surface area contributed by atoms with Gasteiger partial charge in [-0.2, -0.15) is 5.10 Å². The molecule has 1 amide bonds. The molecule has 0 saturated carbocycles. The smallest absolute Gasteiger partial charge is 0.274 e. The van der Waals surface area contributed by atoms with E-state index in [-0.39, 0.29) is 5.91 Å². The number of amides is 1. The average molecular weight is 287 g/mol. The van der Waals surface area contributed by atoms with Gasteiger partial charge in [0.2, 0.25) is 0 Å². The fourth-order valence-corrected chi connectivity index (χ4v) is 2.12. The summed E-state index contributed by atoms with van der Waals surface area (Å²) in [6.07, 6.45) is 0. The predicted octanol–water partition coefficient (Wildman–Crippen LogP) is 2.67. The lowest BCUT2D eigenvalue weighted by molar-refractivity contribution is 0.0796. The summed E-state index contributed by atoms with van der Waals surface area (Å²) in [4.78, 5) is 13.9. The topological polar surface area (TPSA) is 47.4 Å². The Hall–Kier alpha value is -2.30. The molecule has 1 aromatic heterocycles. The number of hydrogen-bond donors (Lipinski definition) is 0. The number of rotatable bonds is 5. The van der Waals surface area contributed by atoms with Gasteiger partial charge < -0.3 is 9.64 Å². The molecule has 0 bridgehead atoms. The van der Waals surface area contributed by atoms with Gasteiger partial charge in [-0.3, -0.25) is 9.48 Å². The number of methoxy groups -OCH3 is 1. The zero-order valence-corrected chi connectivity index (χ0v) is 13.0. The second-order valence-corrected chi connectivity index (χ2v) is 4.78. The van der Waals surface area contributed by atoms with Gasteiger partial charge in [0.1, 0.15) is 5.75 Å². The molecule has 5 heteroatoms. The molecule has 0 aliphatic carbocycles. The van der Waals surface area contributed by atoms with Crippen molar-refractivity contribution >= 4 is 5.91 Å². The van der Waals surface area contributed by atoms with E-state index < -0.39 is 0 Å². The van der Waals surface area contributed by atoms with Crippen molar-refractivity contribution in [2.75, 3.05) is 20.7 Å². The van der Waals surface area contributed by atoms with Crippen LogP contribution in [-0.2, 0) is 6.54 Å². The Bertz CT molecular complexity index is 634. The lowest BCUT2D eigenvalue weighted by atomic mass is 10.1. The van der Waals surface area contributed by atoms with Gasteiger partial charge >= 0.3 is 0 Å². The van der Waals surface area contributed by atoms with E-state index in [2.05, 4.69) is 5.10 Å². The molecule has 0 aliphatic rings. The summed E-state index contributed by atoms with van der Waals surface area (Å²) in [5, 5.41) is 4.41. The third kappa shape index (κ3) is 3.07. The van der Waals surface area contributed by atoms with Crippen molar-refractivity contribution in [3.63, 3.8) is 0 Å². The van der Waals surface area contributed by atoms with Crippen LogP contribution in [0, 0.1) is 0 Å². The zero-order chi connectivity index (χ0) is 15.4. The molecule has 21 heavy (non-hydrogen) atoms. The number of hydrogen-bond acceptors (Lipinski definition) is 3. The van der Waals surface area contributed by atoms with Crippen LogP contribution < -0.4 is 4.74 Å². The molecule has 1 aromatic carbocycles. The van der Waals surface area contributed by atoms with Crippen LogP contribution in [0.4, 0.5) is 0 Å². The Labute approximate surface area is 125 Å². The van der Waals surface area contributed by atoms with Crippen molar-refractivity contribution in [1.82, 2.24) is 14.7 Å². The van der Waals surface area contributed by atoms with E-state index in [1.165, 1.54) is 0 Å². The van der Waals surface area contributed by atoms with Crippen molar-refractivity contribution in [1.29, 1.82) is 0 Å². The SMILES string of the molecule is CCN(C)C(=O)c1cc(-c2cccc(OC)c2)n(CC)n1. The zero-order valence-electron chi connectivity index (χ0n) is 13.0. The van der Waals surface area contributed by atoms with E-state index in [0.29, 0.717) is 18.8 Å². The molecular formula is C16H21N3O2. The van der Waals surface area contributed by atoms with E-state index in [1.807, 2.05) is 48.9 Å². The molecule has 0 unspecified atom stereocenters. The lowest BCUT2D eigenvalue weighted by Gasteiger charge is -2.11. The molecule has 0 spiro atoms. The number of aryl methyl sites for hydroxylation is 1. The second-order valence-electron chi connectivity index (χ2n) is 4.78. The standard InChI is InChI=1S/C16H21N3O2/c1-5-18(3)16(20)14-11-15(19(6-2)17-14)12-8-7-9-13(10-12)21-4/h7-11H,5-6H2,1-4H3. The average Bonchev–Trinajstić information content (AvgIpc) is 2.97. The number of carbonyl (C=O) groups excluding carboxylic acids is 1. The van der Waals surface area contributed by atoms with E-state index in [1.54, 1.807) is 19.1 Å². The molecule has 1 heterocycles. The van der Waals surface area contributed by atoms with E-state index >= 15 is 0 Å². The first-order valence-electron chi connectivity index (χ1n) is 7.08. The molecule has 112 valence electrons. The maximum absolute atomic E-state index is 12.2. The Morgan fingerprint density at radius 2 is 2.10 bits per heavy atom. The van der Waals surface area contributed by atoms with Crippen LogP contribution in [0.25, 0.3) is 11.3 Å². The first-order chi connectivity index (χ1) is 10.1. The summed E-state index contributed by atoms with van der Waals surface area (Å²) in [7, 11) is 3.42. The van der Waals surface area contributed by atoms with Crippen molar-refractivity contribution in [3.05, 3.63) is 36.0 Å². The van der Waals surface area contributed by atoms with Gasteiger partial charge in [-0.1, -0.05) is 12.1 Å². The van der Waals surface area contributed by atoms with Gasteiger partial charge in [-0.15, -0.1) is 0 Å². The van der Waals surface area contributed by atoms with Gasteiger partial charge in [0.25, 0.3) is 5.91 Å². The Morgan fingerprint density at radius 3 is 2.71 bits per heavy atom. The third-order valence-electron chi connectivity index (χ3n) is 3.49. The molecule has 0 fully saturated rings. The fraction of sp³-hybridized carbons (Fsp3) is 0.375. The van der Waals surface area contributed by atoms with E-state index in [9.17, 15) is 4.79 Å². The summed E-state index contributed by atoms with van der Waals surface area (Å²) in [5.41, 5.74) is 2.38. The quantitative estimate of drug-likeness (QED) is 0.849. The molecule has 0 N–H and O–H groups in total. The molecule has 2 rings (SSSR count). The number of carbonyl (C=O) groups is 1. The highest BCUT2D eigenvalue weighted by Gasteiger charge is 2.17. The van der Waals surface area contributed by atoms with Crippen LogP contribution in [-0.4, -0.2) is 41.3 Å². The van der Waals surface area contributed by atoms with E-state index in [4.69, 9.17) is 4.74 Å². The number of ether oxygens (including phenoxy) is 1. The number of nitrogens with zero attached hydrogens (tertiary/aromatic N) is 3. The van der Waals surface area contributed by atoms with Gasteiger partial charge in [0, 0.05) is 25.7 Å². The Morgan fingerprint density at radius 1 is 1.33 bits per heavy atom. The molecule has 5 nitrogen and oxygen atoms in total. The molecule has 0 saturated heterocycles. The largest absolute Gasteiger partial charge is 0.497 e. The van der Waals surface area contributed by atoms with Crippen molar-refractivity contribution < 1.29 is 9.53 Å². The Kier molecular flexibility index (Phi) is 4.62. The first kappa shape index (κ1) is 15.1. The minimum atomic E-state index is -0.0613. The highest BCUT2D eigenvalue weighted by Crippen LogP contribution is 2.25. The van der Waals surface area contributed by atoms with Crippen LogP contribution >= 0.6 is 0 Å². The lowest BCUT2D eigenvalue weighted by Crippen LogP contribution is -2.26. The van der Waals surface area contributed by atoms with Crippen molar-refractivity contribution in [2.24, 2.45) is 0 Å². The summed E-state index contributed by atoms with van der Waals surface area (Å²) < 4.78 is 7.09. The Balaban J connectivity index is 2.44. The highest BCUT2D eigenvalue weighted by atomic mass is 16.5. The molecular weight excluding hydrogens is 266 g/mol. The minimum absolute atomic E-state index is 0.0613. The third-order valence-corrected chi connectivity index (χ3v) is 3.49. The van der Waals surface area contributed by atoms with Crippen molar-refractivity contribution in [3.8, 4) is 17.0 Å². The summed E-state index contributed by atoms with van der Waals surface area (Å²) in [5.74, 6) is 0.726. The highest BCUT2D eigenvalue weighted by molar-refractivity contribution is 5.93. The normalized spacial score (nSPS) is 10.5. The fourth-order valence-electron chi connectivity index (χ4n) is 2.12. The first-order valence-corrected chi connectivity index (χ1v) is 7.08. The monoisotopic (exact) mass is 287 g/mol. The van der Waals surface area contributed by atoms with Crippen LogP contribution in [0.1, 0.15) is 24.3 Å². The molecule has 2 aromatic rings. The summed E-state index contributed by atoms with van der Waals surface area (Å²) in [6, 6.07) is 9.60. The number of aromatic nitrogens is 2. The second kappa shape index (κ2) is 6.43. The molecule has 0 atom stereocenters. The summed E-state index contributed by atoms with van der Waals surface area (Å²) >= 11 is 0. The predicted molar refractivity (Wildman–Crippen MR) is 82.5 cm³/mol. The molecule has 0 aliphatic heterocycles. The van der Waals surface area contributed by atoms with Crippen LogP contribution in [0.3, 0.4) is 0 Å².